The van der Waals surface area contributed by atoms with Crippen LogP contribution in [0.4, 0.5) is 5.69 Å². The Hall–Kier alpha value is -3.00. The quantitative estimate of drug-likeness (QED) is 0.714. The largest absolute Gasteiger partial charge is 0.497 e. The van der Waals surface area contributed by atoms with Crippen molar-refractivity contribution in [2.45, 2.75) is 25.6 Å². The molecule has 3 atom stereocenters. The number of thiocarbonyl (C=S) groups is 1. The number of carbonyl (C=O) groups is 1. The first-order chi connectivity index (χ1) is 14.8. The number of ether oxygens (including phenoxy) is 3. The normalized spacial score (nSPS) is 23.9. The van der Waals surface area contributed by atoms with Crippen molar-refractivity contribution in [2.24, 2.45) is 5.92 Å². The zero-order valence-corrected chi connectivity index (χ0v) is 19.2. The maximum absolute atomic E-state index is 13.4. The number of carbonyl (C=O) groups excluding carboxylic acids is 1. The van der Waals surface area contributed by atoms with E-state index in [1.165, 1.54) is 0 Å². The molecule has 1 saturated heterocycles. The first kappa shape index (κ1) is 21.2. The molecule has 7 nitrogen and oxygen atoms in total. The number of amides is 1. The van der Waals surface area contributed by atoms with Crippen LogP contribution in [-0.2, 0) is 4.79 Å². The maximum Gasteiger partial charge on any atom is 0.233 e. The lowest BCUT2D eigenvalue weighted by molar-refractivity contribution is -0.144. The van der Waals surface area contributed by atoms with E-state index in [-0.39, 0.29) is 11.9 Å². The highest BCUT2D eigenvalue weighted by molar-refractivity contribution is 7.80. The minimum absolute atomic E-state index is 0.0529. The van der Waals surface area contributed by atoms with Gasteiger partial charge in [0.1, 0.15) is 11.7 Å². The molecule has 2 heterocycles. The van der Waals surface area contributed by atoms with Gasteiger partial charge < -0.3 is 24.4 Å². The van der Waals surface area contributed by atoms with E-state index in [2.05, 4.69) is 5.32 Å². The topological polar surface area (TPSA) is 63.3 Å². The van der Waals surface area contributed by atoms with Crippen LogP contribution in [0.5, 0.6) is 17.2 Å². The second kappa shape index (κ2) is 7.92. The van der Waals surface area contributed by atoms with Crippen molar-refractivity contribution in [3.8, 4) is 17.2 Å². The van der Waals surface area contributed by atoms with E-state index in [4.69, 9.17) is 26.4 Å². The van der Waals surface area contributed by atoms with Gasteiger partial charge in [-0.1, -0.05) is 18.2 Å². The van der Waals surface area contributed by atoms with Gasteiger partial charge >= 0.3 is 0 Å². The van der Waals surface area contributed by atoms with Crippen LogP contribution in [0.15, 0.2) is 42.5 Å². The first-order valence-corrected chi connectivity index (χ1v) is 10.6. The summed E-state index contributed by atoms with van der Waals surface area (Å²) >= 11 is 5.77. The van der Waals surface area contributed by atoms with Crippen molar-refractivity contribution in [3.63, 3.8) is 0 Å². The van der Waals surface area contributed by atoms with Gasteiger partial charge in [-0.3, -0.25) is 9.69 Å². The molecule has 0 aromatic heterocycles. The molecule has 0 aliphatic carbocycles. The van der Waals surface area contributed by atoms with Crippen LogP contribution < -0.4 is 24.4 Å². The van der Waals surface area contributed by atoms with E-state index in [0.29, 0.717) is 29.0 Å². The molecule has 0 spiro atoms. The van der Waals surface area contributed by atoms with Crippen molar-refractivity contribution in [3.05, 3.63) is 48.0 Å². The van der Waals surface area contributed by atoms with E-state index in [0.717, 1.165) is 11.3 Å². The maximum atomic E-state index is 13.4. The van der Waals surface area contributed by atoms with Crippen LogP contribution in [0.2, 0.25) is 0 Å². The Labute approximate surface area is 187 Å². The van der Waals surface area contributed by atoms with Gasteiger partial charge in [-0.05, 0) is 44.3 Å². The number of hydrogen-bond acceptors (Lipinski definition) is 5. The molecule has 2 aliphatic heterocycles. The molecule has 1 fully saturated rings. The molecule has 164 valence electrons. The molecule has 0 saturated carbocycles. The van der Waals surface area contributed by atoms with Gasteiger partial charge in [-0.15, -0.1) is 0 Å². The predicted octanol–water partition coefficient (Wildman–Crippen LogP) is 3.34. The number of para-hydroxylation sites is 1. The van der Waals surface area contributed by atoms with Gasteiger partial charge in [0.25, 0.3) is 0 Å². The molecule has 31 heavy (non-hydrogen) atoms. The highest BCUT2D eigenvalue weighted by Crippen LogP contribution is 2.52. The summed E-state index contributed by atoms with van der Waals surface area (Å²) in [5, 5.41) is 3.89. The fourth-order valence-electron chi connectivity index (χ4n) is 4.43. The van der Waals surface area contributed by atoms with Crippen LogP contribution in [0.25, 0.3) is 0 Å². The van der Waals surface area contributed by atoms with Crippen LogP contribution in [0.1, 0.15) is 25.5 Å². The third-order valence-corrected chi connectivity index (χ3v) is 6.11. The van der Waals surface area contributed by atoms with Crippen molar-refractivity contribution >= 4 is 28.9 Å². The van der Waals surface area contributed by atoms with Gasteiger partial charge in [0.2, 0.25) is 5.91 Å². The number of anilines is 1. The lowest BCUT2D eigenvalue weighted by Crippen LogP contribution is -2.72. The third kappa shape index (κ3) is 3.35. The van der Waals surface area contributed by atoms with Gasteiger partial charge in [0.15, 0.2) is 22.3 Å². The Morgan fingerprint density at radius 1 is 1.29 bits per heavy atom. The zero-order valence-electron chi connectivity index (χ0n) is 18.3. The van der Waals surface area contributed by atoms with Crippen LogP contribution in [-0.4, -0.2) is 49.5 Å². The summed E-state index contributed by atoms with van der Waals surface area (Å²) in [7, 11) is 5.12. The fourth-order valence-corrected chi connectivity index (χ4v) is 4.85. The van der Waals surface area contributed by atoms with E-state index >= 15 is 0 Å². The second-order valence-corrected chi connectivity index (χ2v) is 8.33. The Morgan fingerprint density at radius 2 is 2.03 bits per heavy atom. The monoisotopic (exact) mass is 441 g/mol. The van der Waals surface area contributed by atoms with E-state index in [1.54, 1.807) is 26.1 Å². The smallest absolute Gasteiger partial charge is 0.233 e. The average molecular weight is 442 g/mol. The minimum atomic E-state index is -1.08. The molecule has 0 radical (unpaired) electrons. The summed E-state index contributed by atoms with van der Waals surface area (Å²) in [6.45, 7) is 4.34. The van der Waals surface area contributed by atoms with E-state index in [9.17, 15) is 4.79 Å². The summed E-state index contributed by atoms with van der Waals surface area (Å²) in [4.78, 5) is 16.9. The molecule has 0 unspecified atom stereocenters. The molecule has 4 rings (SSSR count). The van der Waals surface area contributed by atoms with Gasteiger partial charge in [-0.2, -0.15) is 0 Å². The molecule has 2 aromatic rings. The number of nitrogens with one attached hydrogen (secondary N) is 1. The van der Waals surface area contributed by atoms with Crippen LogP contribution in [0, 0.1) is 5.92 Å². The third-order valence-electron chi connectivity index (χ3n) is 5.81. The van der Waals surface area contributed by atoms with Crippen LogP contribution in [0.3, 0.4) is 0 Å². The Bertz CT molecular complexity index is 1030. The number of fused-ring (bicyclic) bond motifs is 4. The minimum Gasteiger partial charge on any atom is -0.497 e. The van der Waals surface area contributed by atoms with Gasteiger partial charge in [0.05, 0.1) is 25.4 Å². The lowest BCUT2D eigenvalue weighted by Gasteiger charge is -2.56. The van der Waals surface area contributed by atoms with Crippen molar-refractivity contribution in [1.29, 1.82) is 0 Å². The molecular formula is C23H27N3O4S. The number of rotatable bonds is 5. The standard InChI is InChI=1S/C23H27N3O4S/c1-6-29-17-12-8-11-16-19-18(21(27)25(3)4)23(2,30-20(16)17)26(22(31)24-19)14-9-7-10-15(13-14)28-5/h7-13,18-19H,6H2,1-5H3,(H,24,31)/t18-,19+,23+/m1/s1. The van der Waals surface area contributed by atoms with Crippen molar-refractivity contribution < 1.29 is 19.0 Å². The Morgan fingerprint density at radius 3 is 2.71 bits per heavy atom. The number of benzene rings is 2. The fraction of sp³-hybridized carbons (Fsp3) is 0.391. The second-order valence-electron chi connectivity index (χ2n) is 7.94. The predicted molar refractivity (Wildman–Crippen MR) is 123 cm³/mol. The molecule has 1 N–H and O–H groups in total. The first-order valence-electron chi connectivity index (χ1n) is 10.2. The Kier molecular flexibility index (Phi) is 5.43. The molecule has 1 amide bonds. The molecule has 2 bridgehead atoms. The summed E-state index contributed by atoms with van der Waals surface area (Å²) in [5.74, 6) is 1.36. The lowest BCUT2D eigenvalue weighted by atomic mass is 9.78. The SMILES string of the molecule is CCOc1cccc2c1O[C@@]1(C)[C@@H](C(=O)N(C)C)[C@H]2NC(=S)N1c1cccc(OC)c1. The number of hydrogen-bond donors (Lipinski definition) is 1. The van der Waals surface area contributed by atoms with Crippen molar-refractivity contribution in [2.75, 3.05) is 32.7 Å². The highest BCUT2D eigenvalue weighted by Gasteiger charge is 2.60. The van der Waals surface area contributed by atoms with Crippen molar-refractivity contribution in [1.82, 2.24) is 10.2 Å². The van der Waals surface area contributed by atoms with E-state index in [1.807, 2.05) is 61.2 Å². The zero-order chi connectivity index (χ0) is 22.3. The van der Waals surface area contributed by atoms with Gasteiger partial charge in [0, 0.05) is 25.7 Å². The number of nitrogens with zero attached hydrogens (tertiary/aromatic N) is 2. The van der Waals surface area contributed by atoms with Gasteiger partial charge in [-0.25, -0.2) is 0 Å². The summed E-state index contributed by atoms with van der Waals surface area (Å²) in [6.07, 6.45) is 0. The molecule has 2 aliphatic rings. The highest BCUT2D eigenvalue weighted by atomic mass is 32.1. The van der Waals surface area contributed by atoms with Crippen LogP contribution >= 0.6 is 12.2 Å². The molecule has 2 aromatic carbocycles. The van der Waals surface area contributed by atoms with E-state index < -0.39 is 11.6 Å². The molecule has 8 heteroatoms. The average Bonchev–Trinajstić information content (AvgIpc) is 2.73. The summed E-state index contributed by atoms with van der Waals surface area (Å²) in [6, 6.07) is 12.9. The molecular weight excluding hydrogens is 414 g/mol. The summed E-state index contributed by atoms with van der Waals surface area (Å²) in [5.41, 5.74) is 0.545. The summed E-state index contributed by atoms with van der Waals surface area (Å²) < 4.78 is 17.9. The Balaban J connectivity index is 1.92. The number of methoxy groups -OCH3 is 1.